The molecular weight excluding hydrogens is 262 g/mol. The summed E-state index contributed by atoms with van der Waals surface area (Å²) in [6.45, 7) is 8.56. The van der Waals surface area contributed by atoms with E-state index in [2.05, 4.69) is 19.2 Å². The van der Waals surface area contributed by atoms with Gasteiger partial charge in [-0.1, -0.05) is 26.7 Å². The maximum absolute atomic E-state index is 12.6. The molecule has 0 unspecified atom stereocenters. The Bertz CT molecular complexity index is 377. The van der Waals surface area contributed by atoms with Crippen molar-refractivity contribution >= 4 is 10.2 Å². The van der Waals surface area contributed by atoms with E-state index in [4.69, 9.17) is 0 Å². The second-order valence-corrected chi connectivity index (χ2v) is 7.69. The highest BCUT2D eigenvalue weighted by molar-refractivity contribution is 7.86. The molecule has 0 bridgehead atoms. The predicted octanol–water partition coefficient (Wildman–Crippen LogP) is 1.04. The van der Waals surface area contributed by atoms with Gasteiger partial charge in [-0.2, -0.15) is 17.0 Å². The first kappa shape index (κ1) is 15.2. The third kappa shape index (κ3) is 3.12. The van der Waals surface area contributed by atoms with Crippen molar-refractivity contribution < 1.29 is 8.42 Å². The molecule has 0 aromatic heterocycles. The molecule has 2 aliphatic heterocycles. The summed E-state index contributed by atoms with van der Waals surface area (Å²) in [6.07, 6.45) is 4.33. The van der Waals surface area contributed by atoms with Crippen molar-refractivity contribution in [2.45, 2.75) is 39.5 Å². The molecule has 0 radical (unpaired) electrons. The minimum atomic E-state index is -3.23. The van der Waals surface area contributed by atoms with Gasteiger partial charge in [0.05, 0.1) is 0 Å². The summed E-state index contributed by atoms with van der Waals surface area (Å²) in [6, 6.07) is 0. The summed E-state index contributed by atoms with van der Waals surface area (Å²) in [7, 11) is -3.23. The van der Waals surface area contributed by atoms with Gasteiger partial charge in [0.25, 0.3) is 10.2 Å². The van der Waals surface area contributed by atoms with Crippen LogP contribution in [0.15, 0.2) is 0 Å². The second kappa shape index (κ2) is 6.08. The summed E-state index contributed by atoms with van der Waals surface area (Å²) in [5.74, 6) is 0. The van der Waals surface area contributed by atoms with Crippen molar-refractivity contribution in [3.8, 4) is 0 Å². The number of hydrogen-bond acceptors (Lipinski definition) is 3. The largest absolute Gasteiger partial charge is 0.314 e. The molecule has 5 nitrogen and oxygen atoms in total. The molecule has 0 atom stereocenters. The number of piperazine rings is 1. The van der Waals surface area contributed by atoms with Gasteiger partial charge in [-0.05, 0) is 18.3 Å². The van der Waals surface area contributed by atoms with E-state index in [0.29, 0.717) is 31.6 Å². The Hall–Kier alpha value is -0.170. The minimum Gasteiger partial charge on any atom is -0.314 e. The van der Waals surface area contributed by atoms with Crippen molar-refractivity contribution in [3.05, 3.63) is 0 Å². The lowest BCUT2D eigenvalue weighted by Gasteiger charge is -2.42. The van der Waals surface area contributed by atoms with Gasteiger partial charge in [0, 0.05) is 39.3 Å². The first-order valence-electron chi connectivity index (χ1n) is 7.50. The van der Waals surface area contributed by atoms with Gasteiger partial charge < -0.3 is 5.32 Å². The molecule has 6 heteroatoms. The van der Waals surface area contributed by atoms with Crippen molar-refractivity contribution in [2.75, 3.05) is 39.3 Å². The Morgan fingerprint density at radius 3 is 1.89 bits per heavy atom. The first-order valence-corrected chi connectivity index (χ1v) is 8.90. The van der Waals surface area contributed by atoms with Gasteiger partial charge in [0.1, 0.15) is 0 Å². The molecular formula is C13H27N3O2S. The summed E-state index contributed by atoms with van der Waals surface area (Å²) in [4.78, 5) is 0. The van der Waals surface area contributed by atoms with E-state index in [0.717, 1.165) is 38.8 Å². The van der Waals surface area contributed by atoms with Gasteiger partial charge in [0.15, 0.2) is 0 Å². The van der Waals surface area contributed by atoms with Crippen molar-refractivity contribution in [1.82, 2.24) is 13.9 Å². The van der Waals surface area contributed by atoms with Gasteiger partial charge in [-0.25, -0.2) is 0 Å². The fourth-order valence-corrected chi connectivity index (χ4v) is 4.80. The number of rotatable bonds is 4. The molecule has 112 valence electrons. The van der Waals surface area contributed by atoms with Crippen LogP contribution in [-0.4, -0.2) is 56.3 Å². The molecule has 0 saturated carbocycles. The van der Waals surface area contributed by atoms with Crippen LogP contribution in [0.5, 0.6) is 0 Å². The quantitative estimate of drug-likeness (QED) is 0.841. The van der Waals surface area contributed by atoms with Crippen molar-refractivity contribution in [1.29, 1.82) is 0 Å². The molecule has 0 amide bonds. The van der Waals surface area contributed by atoms with Crippen LogP contribution in [0.25, 0.3) is 0 Å². The molecule has 19 heavy (non-hydrogen) atoms. The normalized spacial score (nSPS) is 26.4. The average Bonchev–Trinajstić information content (AvgIpc) is 2.48. The Morgan fingerprint density at radius 1 is 0.947 bits per heavy atom. The topological polar surface area (TPSA) is 52.7 Å². The third-order valence-electron chi connectivity index (χ3n) is 5.01. The molecule has 2 fully saturated rings. The highest BCUT2D eigenvalue weighted by atomic mass is 32.2. The van der Waals surface area contributed by atoms with Gasteiger partial charge in [-0.3, -0.25) is 0 Å². The number of nitrogens with zero attached hydrogens (tertiary/aromatic N) is 2. The highest BCUT2D eigenvalue weighted by Crippen LogP contribution is 2.38. The standard InChI is InChI=1S/C13H27N3O2S/c1-3-13(4-2)5-9-15(10-6-13)19(17,18)16-11-7-14-8-12-16/h14H,3-12H2,1-2H3. The summed E-state index contributed by atoms with van der Waals surface area (Å²) in [5.41, 5.74) is 0.371. The lowest BCUT2D eigenvalue weighted by atomic mass is 9.75. The van der Waals surface area contributed by atoms with E-state index in [1.807, 2.05) is 0 Å². The molecule has 2 heterocycles. The van der Waals surface area contributed by atoms with Crippen LogP contribution in [0.1, 0.15) is 39.5 Å². The number of nitrogens with one attached hydrogen (secondary N) is 1. The van der Waals surface area contributed by atoms with Gasteiger partial charge >= 0.3 is 0 Å². The Labute approximate surface area is 117 Å². The molecule has 0 aromatic rings. The second-order valence-electron chi connectivity index (χ2n) is 5.76. The van der Waals surface area contributed by atoms with Crippen LogP contribution < -0.4 is 5.32 Å². The van der Waals surface area contributed by atoms with E-state index in [9.17, 15) is 8.42 Å². The monoisotopic (exact) mass is 289 g/mol. The number of piperidine rings is 1. The minimum absolute atomic E-state index is 0.371. The van der Waals surface area contributed by atoms with Crippen LogP contribution in [-0.2, 0) is 10.2 Å². The SMILES string of the molecule is CCC1(CC)CCN(S(=O)(=O)N2CCNCC2)CC1. The summed E-state index contributed by atoms with van der Waals surface area (Å²) >= 11 is 0. The molecule has 1 N–H and O–H groups in total. The van der Waals surface area contributed by atoms with Gasteiger partial charge in [-0.15, -0.1) is 0 Å². The Morgan fingerprint density at radius 2 is 1.42 bits per heavy atom. The smallest absolute Gasteiger partial charge is 0.282 e. The highest BCUT2D eigenvalue weighted by Gasteiger charge is 2.38. The molecule has 0 aliphatic carbocycles. The fourth-order valence-electron chi connectivity index (χ4n) is 3.19. The first-order chi connectivity index (χ1) is 9.04. The maximum atomic E-state index is 12.6. The maximum Gasteiger partial charge on any atom is 0.282 e. The van der Waals surface area contributed by atoms with E-state index >= 15 is 0 Å². The van der Waals surface area contributed by atoms with Crippen LogP contribution in [0.2, 0.25) is 0 Å². The Kier molecular flexibility index (Phi) is 4.87. The number of hydrogen-bond donors (Lipinski definition) is 1. The average molecular weight is 289 g/mol. The van der Waals surface area contributed by atoms with Gasteiger partial charge in [0.2, 0.25) is 0 Å². The van der Waals surface area contributed by atoms with Crippen LogP contribution in [0.4, 0.5) is 0 Å². The van der Waals surface area contributed by atoms with Crippen molar-refractivity contribution in [2.24, 2.45) is 5.41 Å². The van der Waals surface area contributed by atoms with Crippen LogP contribution in [0, 0.1) is 5.41 Å². The van der Waals surface area contributed by atoms with Crippen LogP contribution >= 0.6 is 0 Å². The predicted molar refractivity (Wildman–Crippen MR) is 77.2 cm³/mol. The Balaban J connectivity index is 2.00. The zero-order valence-corrected chi connectivity index (χ0v) is 13.0. The molecule has 2 rings (SSSR count). The van der Waals surface area contributed by atoms with Crippen LogP contribution in [0.3, 0.4) is 0 Å². The van der Waals surface area contributed by atoms with E-state index < -0.39 is 10.2 Å². The summed E-state index contributed by atoms with van der Waals surface area (Å²) < 4.78 is 28.4. The lowest BCUT2D eigenvalue weighted by Crippen LogP contribution is -2.54. The van der Waals surface area contributed by atoms with E-state index in [1.54, 1.807) is 8.61 Å². The fraction of sp³-hybridized carbons (Fsp3) is 1.00. The molecule has 2 saturated heterocycles. The molecule has 2 aliphatic rings. The lowest BCUT2D eigenvalue weighted by molar-refractivity contribution is 0.136. The molecule has 0 spiro atoms. The zero-order chi connectivity index (χ0) is 13.9. The van der Waals surface area contributed by atoms with E-state index in [1.165, 1.54) is 0 Å². The molecule has 0 aromatic carbocycles. The third-order valence-corrected chi connectivity index (χ3v) is 7.05. The van der Waals surface area contributed by atoms with E-state index in [-0.39, 0.29) is 0 Å². The zero-order valence-electron chi connectivity index (χ0n) is 12.2. The van der Waals surface area contributed by atoms with Crippen molar-refractivity contribution in [3.63, 3.8) is 0 Å². The summed E-state index contributed by atoms with van der Waals surface area (Å²) in [5, 5.41) is 3.20.